The fourth-order valence-electron chi connectivity index (χ4n) is 7.02. The van der Waals surface area contributed by atoms with Crippen molar-refractivity contribution in [1.82, 2.24) is 10.2 Å². The highest BCUT2D eigenvalue weighted by molar-refractivity contribution is 7.14. The lowest BCUT2D eigenvalue weighted by atomic mass is 9.85. The number of nitrogens with zero attached hydrogens (tertiary/aromatic N) is 2. The number of hydrogen-bond donors (Lipinski definition) is 2. The third-order valence-corrected chi connectivity index (χ3v) is 11.4. The summed E-state index contributed by atoms with van der Waals surface area (Å²) in [7, 11) is 3.06. The van der Waals surface area contributed by atoms with Gasteiger partial charge in [-0.2, -0.15) is 0 Å². The van der Waals surface area contributed by atoms with E-state index in [1.807, 2.05) is 42.5 Å². The van der Waals surface area contributed by atoms with Crippen LogP contribution in [0.3, 0.4) is 0 Å². The number of methoxy groups -OCH3 is 2. The molecule has 2 aromatic carbocycles. The summed E-state index contributed by atoms with van der Waals surface area (Å²) in [6.07, 6.45) is 4.83. The van der Waals surface area contributed by atoms with Crippen molar-refractivity contribution in [2.24, 2.45) is 5.92 Å². The standard InChI is InChI=1S/C37H39Cl2N3O7S/c1-47-32-9-8-24(14-33(32)48-2)26(16-28-30(38)19-42(46)20-31(28)39)27-15-25(50-35(27)36(43)44)17-40-18-29(22-6-4-3-5-7-22)37(45)49-34-21-41-12-10-23(34)11-13-41/h3-9,14-15,19-20,23,26,29,34,40H,10-13,16-18,21H2,1-2H3,(H-,43,44,46)/t26-,29?,34-/m0/s1. The van der Waals surface area contributed by atoms with Gasteiger partial charge < -0.3 is 29.4 Å². The van der Waals surface area contributed by atoms with Crippen molar-refractivity contribution in [2.45, 2.75) is 43.7 Å². The Morgan fingerprint density at radius 3 is 2.34 bits per heavy atom. The van der Waals surface area contributed by atoms with E-state index in [0.717, 1.165) is 64.5 Å². The first-order valence-electron chi connectivity index (χ1n) is 16.5. The number of carbonyl (C=O) groups excluding carboxylic acids is 2. The number of rotatable bonds is 14. The van der Waals surface area contributed by atoms with E-state index in [0.29, 0.717) is 41.6 Å². The molecule has 0 aliphatic carbocycles. The third kappa shape index (κ3) is 8.03. The van der Waals surface area contributed by atoms with Gasteiger partial charge in [0, 0.05) is 40.7 Å². The molecular formula is C37H39Cl2N3O7S. The summed E-state index contributed by atoms with van der Waals surface area (Å²) in [5.41, 5.74) is 2.62. The molecule has 0 amide bonds. The molecule has 2 aromatic heterocycles. The van der Waals surface area contributed by atoms with Crippen LogP contribution in [0.4, 0.5) is 0 Å². The van der Waals surface area contributed by atoms with E-state index in [-0.39, 0.29) is 33.4 Å². The molecule has 4 aromatic rings. The van der Waals surface area contributed by atoms with Crippen LogP contribution in [0.25, 0.3) is 0 Å². The van der Waals surface area contributed by atoms with Gasteiger partial charge in [0.25, 0.3) is 0 Å². The predicted octanol–water partition coefficient (Wildman–Crippen LogP) is 4.85. The Morgan fingerprint density at radius 2 is 1.72 bits per heavy atom. The van der Waals surface area contributed by atoms with Crippen LogP contribution in [0, 0.1) is 5.92 Å². The van der Waals surface area contributed by atoms with E-state index >= 15 is 0 Å². The van der Waals surface area contributed by atoms with Gasteiger partial charge in [0.05, 0.1) is 31.0 Å². The topological polar surface area (TPSA) is 124 Å². The van der Waals surface area contributed by atoms with Crippen LogP contribution in [-0.2, 0) is 22.5 Å². The van der Waals surface area contributed by atoms with Gasteiger partial charge in [0.2, 0.25) is 12.4 Å². The maximum atomic E-state index is 13.6. The minimum Gasteiger partial charge on any atom is -0.544 e. The summed E-state index contributed by atoms with van der Waals surface area (Å²) in [5, 5.41) is 26.4. The Morgan fingerprint density at radius 1 is 1.02 bits per heavy atom. The van der Waals surface area contributed by atoms with E-state index in [9.17, 15) is 19.9 Å². The van der Waals surface area contributed by atoms with Gasteiger partial charge in [-0.15, -0.1) is 11.3 Å². The predicted molar refractivity (Wildman–Crippen MR) is 188 cm³/mol. The number of thiophene rings is 1. The van der Waals surface area contributed by atoms with Crippen molar-refractivity contribution in [3.63, 3.8) is 0 Å². The van der Waals surface area contributed by atoms with Crippen LogP contribution in [0.1, 0.15) is 61.5 Å². The van der Waals surface area contributed by atoms with Crippen molar-refractivity contribution < 1.29 is 38.8 Å². The zero-order chi connectivity index (χ0) is 35.4. The monoisotopic (exact) mass is 739 g/mol. The number of nitrogens with one attached hydrogen (secondary N) is 1. The number of fused-ring (bicyclic) bond motifs is 3. The summed E-state index contributed by atoms with van der Waals surface area (Å²) in [5.74, 6) is -1.29. The number of carboxylic acid groups (broad SMARTS) is 1. The minimum absolute atomic E-state index is 0.0587. The van der Waals surface area contributed by atoms with E-state index in [1.54, 1.807) is 12.1 Å². The van der Waals surface area contributed by atoms with Crippen LogP contribution in [0.5, 0.6) is 11.5 Å². The quantitative estimate of drug-likeness (QED) is 0.106. The molecule has 3 fully saturated rings. The fraction of sp³-hybridized carbons (Fsp3) is 0.378. The van der Waals surface area contributed by atoms with Gasteiger partial charge in [-0.05, 0) is 73.2 Å². The second-order valence-electron chi connectivity index (χ2n) is 12.7. The third-order valence-electron chi connectivity index (χ3n) is 9.66. The Labute approximate surface area is 305 Å². The Kier molecular flexibility index (Phi) is 11.5. The second kappa shape index (κ2) is 16.0. The van der Waals surface area contributed by atoms with Crippen LogP contribution in [-0.4, -0.2) is 68.5 Å². The van der Waals surface area contributed by atoms with Gasteiger partial charge in [0.15, 0.2) is 11.5 Å². The first-order valence-corrected chi connectivity index (χ1v) is 18.0. The van der Waals surface area contributed by atoms with Gasteiger partial charge in [-0.25, -0.2) is 0 Å². The zero-order valence-corrected chi connectivity index (χ0v) is 30.1. The van der Waals surface area contributed by atoms with E-state index in [4.69, 9.17) is 37.4 Å². The molecular weight excluding hydrogens is 701 g/mol. The molecule has 3 aliphatic heterocycles. The molecule has 7 rings (SSSR count). The number of halogens is 2. The average Bonchev–Trinajstić information content (AvgIpc) is 3.54. The molecule has 5 heterocycles. The van der Waals surface area contributed by atoms with Gasteiger partial charge >= 0.3 is 5.97 Å². The molecule has 3 saturated heterocycles. The first kappa shape index (κ1) is 35.9. The number of piperidine rings is 3. The summed E-state index contributed by atoms with van der Waals surface area (Å²) >= 11 is 14.2. The molecule has 10 nitrogen and oxygen atoms in total. The molecule has 2 bridgehead atoms. The SMILES string of the molecule is COc1ccc([C@H](Cc2c(Cl)c[n+](O)cc2Cl)c2cc(CNCC(C(=O)O[C@H]3CN4CCC3CC4)c3ccccc3)sc2C(=O)[O-])cc1OC. The highest BCUT2D eigenvalue weighted by atomic mass is 35.5. The summed E-state index contributed by atoms with van der Waals surface area (Å²) in [6, 6.07) is 16.8. The van der Waals surface area contributed by atoms with Crippen LogP contribution in [0.2, 0.25) is 10.0 Å². The lowest BCUT2D eigenvalue weighted by Gasteiger charge is -2.44. The Bertz CT molecular complexity index is 1810. The molecule has 3 atom stereocenters. The number of pyridine rings is 1. The lowest BCUT2D eigenvalue weighted by Crippen LogP contribution is -2.52. The zero-order valence-electron chi connectivity index (χ0n) is 27.8. The maximum absolute atomic E-state index is 13.6. The van der Waals surface area contributed by atoms with Crippen LogP contribution < -0.4 is 24.6 Å². The van der Waals surface area contributed by atoms with Crippen LogP contribution >= 0.6 is 34.5 Å². The number of benzene rings is 2. The minimum atomic E-state index is -1.32. The van der Waals surface area contributed by atoms with E-state index in [2.05, 4.69) is 10.2 Å². The Balaban J connectivity index is 1.27. The number of ether oxygens (including phenoxy) is 3. The van der Waals surface area contributed by atoms with Crippen molar-refractivity contribution in [3.8, 4) is 11.5 Å². The lowest BCUT2D eigenvalue weighted by molar-refractivity contribution is -0.904. The largest absolute Gasteiger partial charge is 0.544 e. The van der Waals surface area contributed by atoms with Gasteiger partial charge in [0.1, 0.15) is 16.1 Å². The van der Waals surface area contributed by atoms with Gasteiger partial charge in [-0.3, -0.25) is 14.9 Å². The summed E-state index contributed by atoms with van der Waals surface area (Å²) < 4.78 is 17.9. The molecule has 13 heteroatoms. The molecule has 50 heavy (non-hydrogen) atoms. The normalized spacial score (nSPS) is 19.5. The summed E-state index contributed by atoms with van der Waals surface area (Å²) in [6.45, 7) is 3.49. The maximum Gasteiger partial charge on any atom is 0.315 e. The summed E-state index contributed by atoms with van der Waals surface area (Å²) in [4.78, 5) is 29.4. The smallest absolute Gasteiger partial charge is 0.315 e. The van der Waals surface area contributed by atoms with E-state index in [1.165, 1.54) is 26.6 Å². The molecule has 3 aliphatic rings. The van der Waals surface area contributed by atoms with Gasteiger partial charge in [-0.1, -0.05) is 59.6 Å². The number of aromatic carboxylic acids is 1. The molecule has 0 spiro atoms. The number of carboxylic acids is 1. The van der Waals surface area contributed by atoms with Crippen molar-refractivity contribution in [1.29, 1.82) is 0 Å². The Hall–Kier alpha value is -3.87. The highest BCUT2D eigenvalue weighted by Crippen LogP contribution is 2.41. The van der Waals surface area contributed by atoms with Crippen molar-refractivity contribution in [2.75, 3.05) is 40.4 Å². The molecule has 0 saturated carbocycles. The molecule has 1 unspecified atom stereocenters. The second-order valence-corrected chi connectivity index (χ2v) is 14.6. The first-order chi connectivity index (χ1) is 24.1. The van der Waals surface area contributed by atoms with E-state index < -0.39 is 17.8 Å². The molecule has 264 valence electrons. The van der Waals surface area contributed by atoms with Crippen molar-refractivity contribution >= 4 is 46.5 Å². The number of aromatic nitrogens is 1. The molecule has 0 radical (unpaired) electrons. The number of carbonyl (C=O) groups is 2. The number of hydrogen-bond acceptors (Lipinski definition) is 10. The molecule has 2 N–H and O–H groups in total. The fourth-order valence-corrected chi connectivity index (χ4v) is 8.65. The van der Waals surface area contributed by atoms with Crippen molar-refractivity contribution in [3.05, 3.63) is 109 Å². The number of esters is 1. The highest BCUT2D eigenvalue weighted by Gasteiger charge is 2.38. The average molecular weight is 741 g/mol. The van der Waals surface area contributed by atoms with Crippen LogP contribution in [0.15, 0.2) is 67.0 Å².